The fourth-order valence-corrected chi connectivity index (χ4v) is 4.22. The molecule has 0 aromatic heterocycles. The Morgan fingerprint density at radius 2 is 2.36 bits per heavy atom. The Balaban J connectivity index is 1.92. The molecule has 0 bridgehead atoms. The number of esters is 1. The van der Waals surface area contributed by atoms with Crippen LogP contribution in [-0.2, 0) is 9.53 Å². The summed E-state index contributed by atoms with van der Waals surface area (Å²) in [5.41, 5.74) is -1.00. The molecule has 1 N–H and O–H groups in total. The second kappa shape index (κ2) is 1.59. The number of ether oxygens (including phenoxy) is 1. The van der Waals surface area contributed by atoms with Crippen molar-refractivity contribution in [2.45, 2.75) is 25.0 Å². The first kappa shape index (κ1) is 7.24. The van der Waals surface area contributed by atoms with Crippen LogP contribution in [0.1, 0.15) is 12.8 Å². The lowest BCUT2D eigenvalue weighted by atomic mass is 9.59. The minimum atomic E-state index is -0.896. The zero-order valence-corrected chi connectivity index (χ0v) is 7.43. The van der Waals surface area contributed by atoms with Crippen molar-refractivity contribution in [3.63, 3.8) is 0 Å². The summed E-state index contributed by atoms with van der Waals surface area (Å²) in [6, 6.07) is 2.14. The van der Waals surface area contributed by atoms with Gasteiger partial charge in [0.2, 0.25) is 0 Å². The van der Waals surface area contributed by atoms with Crippen LogP contribution in [0, 0.1) is 34.0 Å². The zero-order chi connectivity index (χ0) is 9.72. The number of nitrogens with zero attached hydrogens (tertiary/aromatic N) is 1. The van der Waals surface area contributed by atoms with Crippen molar-refractivity contribution in [1.29, 1.82) is 5.26 Å². The highest BCUT2D eigenvalue weighted by atomic mass is 16.6. The first-order valence-electron chi connectivity index (χ1n) is 4.97. The van der Waals surface area contributed by atoms with Crippen molar-refractivity contribution >= 4 is 5.97 Å². The van der Waals surface area contributed by atoms with Gasteiger partial charge in [-0.2, -0.15) is 5.26 Å². The molecule has 6 atom stereocenters. The Kier molecular flexibility index (Phi) is 0.821. The van der Waals surface area contributed by atoms with Gasteiger partial charge in [-0.15, -0.1) is 0 Å². The van der Waals surface area contributed by atoms with E-state index in [1.165, 1.54) is 0 Å². The Labute approximate surface area is 80.5 Å². The lowest BCUT2D eigenvalue weighted by molar-refractivity contribution is -0.170. The van der Waals surface area contributed by atoms with Gasteiger partial charge in [-0.1, -0.05) is 0 Å². The minimum absolute atomic E-state index is 0.00694. The van der Waals surface area contributed by atoms with E-state index in [4.69, 9.17) is 10.00 Å². The van der Waals surface area contributed by atoms with E-state index in [-0.39, 0.29) is 17.4 Å². The molecule has 72 valence electrons. The van der Waals surface area contributed by atoms with E-state index in [1.807, 2.05) is 0 Å². The number of nitriles is 1. The smallest absolute Gasteiger partial charge is 0.327 e. The maximum atomic E-state index is 11.6. The van der Waals surface area contributed by atoms with E-state index >= 15 is 0 Å². The van der Waals surface area contributed by atoms with Crippen LogP contribution < -0.4 is 0 Å². The molecular formula is C10H9NO3. The van der Waals surface area contributed by atoms with Gasteiger partial charge in [-0.05, 0) is 18.8 Å². The average molecular weight is 191 g/mol. The van der Waals surface area contributed by atoms with E-state index in [1.54, 1.807) is 0 Å². The third kappa shape index (κ3) is 0.399. The molecule has 3 saturated carbocycles. The standard InChI is InChI=1S/C10H9NO3/c11-3-9-1-4-2-10(4)6(9)5(7(10)12)14-8(9)13/h4-7,12H,1-2H2. The van der Waals surface area contributed by atoms with Crippen LogP contribution in [0.15, 0.2) is 0 Å². The zero-order valence-electron chi connectivity index (χ0n) is 7.43. The second-order valence-electron chi connectivity index (χ2n) is 5.09. The maximum absolute atomic E-state index is 11.6. The van der Waals surface area contributed by atoms with Gasteiger partial charge in [0.15, 0.2) is 5.41 Å². The summed E-state index contributed by atoms with van der Waals surface area (Å²) in [6.45, 7) is 0. The van der Waals surface area contributed by atoms with Gasteiger partial charge >= 0.3 is 5.97 Å². The second-order valence-corrected chi connectivity index (χ2v) is 5.09. The van der Waals surface area contributed by atoms with E-state index in [9.17, 15) is 9.90 Å². The first-order valence-corrected chi connectivity index (χ1v) is 4.97. The van der Waals surface area contributed by atoms with Gasteiger partial charge in [0.1, 0.15) is 6.10 Å². The quantitative estimate of drug-likeness (QED) is 0.539. The van der Waals surface area contributed by atoms with Crippen molar-refractivity contribution in [2.75, 3.05) is 0 Å². The van der Waals surface area contributed by atoms with E-state index in [0.717, 1.165) is 6.42 Å². The molecule has 4 rings (SSSR count). The van der Waals surface area contributed by atoms with E-state index < -0.39 is 17.5 Å². The van der Waals surface area contributed by atoms with Crippen LogP contribution >= 0.6 is 0 Å². The molecule has 4 aliphatic rings. The summed E-state index contributed by atoms with van der Waals surface area (Å²) in [7, 11) is 0. The Morgan fingerprint density at radius 3 is 3.07 bits per heavy atom. The number of rotatable bonds is 0. The van der Waals surface area contributed by atoms with Gasteiger partial charge < -0.3 is 9.84 Å². The number of aliphatic hydroxyl groups is 1. The number of carbonyl (C=O) groups is 1. The van der Waals surface area contributed by atoms with Crippen molar-refractivity contribution in [2.24, 2.45) is 22.7 Å². The summed E-state index contributed by atoms with van der Waals surface area (Å²) in [5, 5.41) is 19.0. The van der Waals surface area contributed by atoms with Crippen molar-refractivity contribution in [3.8, 4) is 6.07 Å². The molecule has 0 amide bonds. The number of hydrogen-bond acceptors (Lipinski definition) is 4. The van der Waals surface area contributed by atoms with Crippen LogP contribution in [0.4, 0.5) is 0 Å². The Morgan fingerprint density at radius 1 is 1.57 bits per heavy atom. The molecule has 1 aliphatic heterocycles. The summed E-state index contributed by atoms with van der Waals surface area (Å²) in [5.74, 6) is -0.00289. The predicted octanol–water partition coefficient (Wildman–Crippen LogP) is -0.178. The Bertz CT molecular complexity index is 414. The molecule has 14 heavy (non-hydrogen) atoms. The molecule has 4 nitrogen and oxygen atoms in total. The summed E-state index contributed by atoms with van der Waals surface area (Å²) in [6.07, 6.45) is 0.712. The molecule has 0 aromatic rings. The highest BCUT2D eigenvalue weighted by molar-refractivity contribution is 5.85. The summed E-state index contributed by atoms with van der Waals surface area (Å²) in [4.78, 5) is 11.6. The molecule has 1 heterocycles. The SMILES string of the molecule is N#CC12CC3CC34C(O)C(OC1=O)C24. The van der Waals surface area contributed by atoms with Crippen molar-refractivity contribution in [3.05, 3.63) is 0 Å². The molecule has 4 heteroatoms. The lowest BCUT2D eigenvalue weighted by Crippen LogP contribution is -2.57. The monoisotopic (exact) mass is 191 g/mol. The Hall–Kier alpha value is -1.08. The average Bonchev–Trinajstić information content (AvgIpc) is 2.76. The molecular weight excluding hydrogens is 182 g/mol. The van der Waals surface area contributed by atoms with Crippen molar-refractivity contribution in [1.82, 2.24) is 0 Å². The maximum Gasteiger partial charge on any atom is 0.327 e. The highest BCUT2D eigenvalue weighted by Crippen LogP contribution is 2.83. The van der Waals surface area contributed by atoms with Crippen LogP contribution in [0.25, 0.3) is 0 Å². The molecule has 0 aromatic carbocycles. The third-order valence-corrected chi connectivity index (χ3v) is 4.88. The number of hydrogen-bond donors (Lipinski definition) is 1. The van der Waals surface area contributed by atoms with Gasteiger partial charge in [-0.25, -0.2) is 0 Å². The lowest BCUT2D eigenvalue weighted by Gasteiger charge is -2.44. The van der Waals surface area contributed by atoms with Crippen LogP contribution in [-0.4, -0.2) is 23.3 Å². The normalized spacial score (nSPS) is 66.1. The van der Waals surface area contributed by atoms with Crippen LogP contribution in [0.5, 0.6) is 0 Å². The third-order valence-electron chi connectivity index (χ3n) is 4.88. The molecule has 3 aliphatic carbocycles. The fraction of sp³-hybridized carbons (Fsp3) is 0.800. The van der Waals surface area contributed by atoms with Crippen LogP contribution in [0.2, 0.25) is 0 Å². The number of aliphatic hydroxyl groups excluding tert-OH is 1. The van der Waals surface area contributed by atoms with E-state index in [2.05, 4.69) is 6.07 Å². The van der Waals surface area contributed by atoms with Gasteiger partial charge in [0, 0.05) is 11.3 Å². The largest absolute Gasteiger partial charge is 0.458 e. The molecule has 1 saturated heterocycles. The summed E-state index contributed by atoms with van der Waals surface area (Å²) < 4.78 is 5.08. The van der Waals surface area contributed by atoms with Crippen LogP contribution in [0.3, 0.4) is 0 Å². The molecule has 6 unspecified atom stereocenters. The fourth-order valence-electron chi connectivity index (χ4n) is 4.22. The summed E-state index contributed by atoms with van der Waals surface area (Å²) >= 11 is 0. The van der Waals surface area contributed by atoms with Gasteiger partial charge in [0.25, 0.3) is 0 Å². The molecule has 1 spiro atoms. The molecule has 4 fully saturated rings. The minimum Gasteiger partial charge on any atom is -0.458 e. The van der Waals surface area contributed by atoms with Gasteiger partial charge in [-0.3, -0.25) is 4.79 Å². The highest BCUT2D eigenvalue weighted by Gasteiger charge is 2.89. The predicted molar refractivity (Wildman–Crippen MR) is 42.6 cm³/mol. The van der Waals surface area contributed by atoms with Crippen molar-refractivity contribution < 1.29 is 14.6 Å². The number of carbonyl (C=O) groups excluding carboxylic acids is 1. The van der Waals surface area contributed by atoms with E-state index in [0.29, 0.717) is 12.3 Å². The molecule has 0 radical (unpaired) electrons. The first-order chi connectivity index (χ1) is 6.67. The topological polar surface area (TPSA) is 70.3 Å². The van der Waals surface area contributed by atoms with Gasteiger partial charge in [0.05, 0.1) is 12.2 Å².